The molecule has 0 fully saturated rings. The van der Waals surface area contributed by atoms with E-state index >= 15 is 0 Å². The van der Waals surface area contributed by atoms with Crippen LogP contribution in [0.2, 0.25) is 0 Å². The number of hydrogen-bond acceptors (Lipinski definition) is 2. The van der Waals surface area contributed by atoms with Gasteiger partial charge in [-0.15, -0.1) is 0 Å². The third-order valence-corrected chi connectivity index (χ3v) is 4.78. The average molecular weight is 341 g/mol. The highest BCUT2D eigenvalue weighted by Gasteiger charge is 2.08. The van der Waals surface area contributed by atoms with Crippen LogP contribution >= 0.6 is 0 Å². The highest BCUT2D eigenvalue weighted by molar-refractivity contribution is 5.69. The Morgan fingerprint density at radius 2 is 1.08 bits per heavy atom. The van der Waals surface area contributed by atoms with Crippen molar-refractivity contribution in [2.24, 2.45) is 0 Å². The summed E-state index contributed by atoms with van der Waals surface area (Å²) in [5, 5.41) is 0. The zero-order chi connectivity index (χ0) is 17.9. The second-order valence-electron chi connectivity index (χ2n) is 7.44. The van der Waals surface area contributed by atoms with E-state index in [-0.39, 0.29) is 12.1 Å². The first-order valence-corrected chi connectivity index (χ1v) is 10.9. The van der Waals surface area contributed by atoms with Gasteiger partial charge in [-0.25, -0.2) is 0 Å². The van der Waals surface area contributed by atoms with Gasteiger partial charge in [0, 0.05) is 6.42 Å². The first kappa shape index (κ1) is 23.5. The van der Waals surface area contributed by atoms with Gasteiger partial charge in [0.25, 0.3) is 0 Å². The molecule has 0 radical (unpaired) electrons. The van der Waals surface area contributed by atoms with Crippen molar-refractivity contribution in [2.75, 3.05) is 0 Å². The van der Waals surface area contributed by atoms with Crippen LogP contribution in [0.3, 0.4) is 0 Å². The molecule has 0 aromatic heterocycles. The van der Waals surface area contributed by atoms with Gasteiger partial charge in [-0.05, 0) is 26.2 Å². The minimum Gasteiger partial charge on any atom is -0.463 e. The Bertz CT molecular complexity index is 263. The van der Waals surface area contributed by atoms with Crippen LogP contribution in [0.25, 0.3) is 0 Å². The first-order valence-electron chi connectivity index (χ1n) is 10.9. The Kier molecular flexibility index (Phi) is 18.4. The van der Waals surface area contributed by atoms with Crippen molar-refractivity contribution >= 4 is 5.97 Å². The minimum absolute atomic E-state index is 0.0106. The Morgan fingerprint density at radius 1 is 0.667 bits per heavy atom. The van der Waals surface area contributed by atoms with Crippen LogP contribution in [0.1, 0.15) is 130 Å². The zero-order valence-corrected chi connectivity index (χ0v) is 16.9. The van der Waals surface area contributed by atoms with Crippen LogP contribution in [0.4, 0.5) is 0 Å². The molecular weight excluding hydrogens is 296 g/mol. The molecule has 2 nitrogen and oxygen atoms in total. The van der Waals surface area contributed by atoms with Crippen LogP contribution in [-0.2, 0) is 9.53 Å². The van der Waals surface area contributed by atoms with Crippen LogP contribution in [0, 0.1) is 0 Å². The van der Waals surface area contributed by atoms with E-state index in [4.69, 9.17) is 4.74 Å². The fraction of sp³-hybridized carbons (Fsp3) is 0.955. The van der Waals surface area contributed by atoms with Gasteiger partial charge in [0.1, 0.15) is 0 Å². The Morgan fingerprint density at radius 3 is 1.58 bits per heavy atom. The maximum absolute atomic E-state index is 11.8. The SMILES string of the molecule is CCCCCCCCCCCC(=O)O[C@@H](C)CCCCCCCC. The number of carbonyl (C=O) groups excluding carboxylic acids is 1. The van der Waals surface area contributed by atoms with Gasteiger partial charge in [0.15, 0.2) is 0 Å². The van der Waals surface area contributed by atoms with Crippen molar-refractivity contribution in [2.45, 2.75) is 136 Å². The van der Waals surface area contributed by atoms with Gasteiger partial charge in [-0.2, -0.15) is 0 Å². The number of unbranched alkanes of at least 4 members (excludes halogenated alkanes) is 13. The minimum atomic E-state index is 0.0106. The van der Waals surface area contributed by atoms with E-state index < -0.39 is 0 Å². The van der Waals surface area contributed by atoms with E-state index in [0.29, 0.717) is 6.42 Å². The molecule has 0 aromatic rings. The Balaban J connectivity index is 3.32. The van der Waals surface area contributed by atoms with Crippen molar-refractivity contribution < 1.29 is 9.53 Å². The molecule has 0 N–H and O–H groups in total. The van der Waals surface area contributed by atoms with Crippen LogP contribution < -0.4 is 0 Å². The molecular formula is C22H44O2. The maximum Gasteiger partial charge on any atom is 0.306 e. The molecule has 0 saturated heterocycles. The van der Waals surface area contributed by atoms with Gasteiger partial charge in [-0.3, -0.25) is 4.79 Å². The summed E-state index contributed by atoms with van der Waals surface area (Å²) in [4.78, 5) is 11.8. The summed E-state index contributed by atoms with van der Waals surface area (Å²) in [6, 6.07) is 0. The number of rotatable bonds is 18. The first-order chi connectivity index (χ1) is 11.7. The highest BCUT2D eigenvalue weighted by atomic mass is 16.5. The molecule has 0 spiro atoms. The second kappa shape index (κ2) is 18.8. The standard InChI is InChI=1S/C22H44O2/c1-4-6-8-10-12-13-14-16-18-20-22(23)24-21(3)19-17-15-11-9-7-5-2/h21H,4-20H2,1-3H3/t21-/m0/s1. The van der Waals surface area contributed by atoms with Gasteiger partial charge in [0.05, 0.1) is 6.10 Å². The maximum atomic E-state index is 11.8. The molecule has 0 aromatic carbocycles. The van der Waals surface area contributed by atoms with Crippen molar-refractivity contribution in [1.82, 2.24) is 0 Å². The van der Waals surface area contributed by atoms with Gasteiger partial charge in [-0.1, -0.05) is 97.3 Å². The normalized spacial score (nSPS) is 12.3. The molecule has 144 valence electrons. The van der Waals surface area contributed by atoms with Crippen molar-refractivity contribution in [3.8, 4) is 0 Å². The van der Waals surface area contributed by atoms with Crippen molar-refractivity contribution in [1.29, 1.82) is 0 Å². The molecule has 1 atom stereocenters. The molecule has 0 aliphatic heterocycles. The quantitative estimate of drug-likeness (QED) is 0.190. The fourth-order valence-electron chi connectivity index (χ4n) is 3.13. The molecule has 24 heavy (non-hydrogen) atoms. The number of esters is 1. The van der Waals surface area contributed by atoms with Crippen LogP contribution in [0.15, 0.2) is 0 Å². The number of hydrogen-bond donors (Lipinski definition) is 0. The lowest BCUT2D eigenvalue weighted by Crippen LogP contribution is -2.14. The zero-order valence-electron chi connectivity index (χ0n) is 16.9. The molecule has 0 aliphatic carbocycles. The fourth-order valence-corrected chi connectivity index (χ4v) is 3.13. The highest BCUT2D eigenvalue weighted by Crippen LogP contribution is 2.13. The Labute approximate surface area is 152 Å². The summed E-state index contributed by atoms with van der Waals surface area (Å²) < 4.78 is 5.51. The molecule has 0 heterocycles. The molecule has 0 saturated carbocycles. The summed E-state index contributed by atoms with van der Waals surface area (Å²) in [7, 11) is 0. The Hall–Kier alpha value is -0.530. The lowest BCUT2D eigenvalue weighted by Gasteiger charge is -2.13. The lowest BCUT2D eigenvalue weighted by molar-refractivity contribution is -0.148. The smallest absolute Gasteiger partial charge is 0.306 e. The second-order valence-corrected chi connectivity index (χ2v) is 7.44. The molecule has 0 rings (SSSR count). The molecule has 2 heteroatoms. The summed E-state index contributed by atoms with van der Waals surface area (Å²) >= 11 is 0. The summed E-state index contributed by atoms with van der Waals surface area (Å²) in [6.45, 7) is 6.54. The summed E-state index contributed by atoms with van der Waals surface area (Å²) in [5.41, 5.74) is 0. The van der Waals surface area contributed by atoms with E-state index in [2.05, 4.69) is 13.8 Å². The molecule has 0 bridgehead atoms. The molecule has 0 aliphatic rings. The summed E-state index contributed by atoms with van der Waals surface area (Å²) in [5.74, 6) is 0.0106. The third-order valence-electron chi connectivity index (χ3n) is 4.78. The third kappa shape index (κ3) is 17.8. The largest absolute Gasteiger partial charge is 0.463 e. The average Bonchev–Trinajstić information content (AvgIpc) is 2.56. The topological polar surface area (TPSA) is 26.3 Å². The van der Waals surface area contributed by atoms with Gasteiger partial charge >= 0.3 is 5.97 Å². The number of carbonyl (C=O) groups is 1. The monoisotopic (exact) mass is 340 g/mol. The van der Waals surface area contributed by atoms with Crippen molar-refractivity contribution in [3.05, 3.63) is 0 Å². The molecule has 0 amide bonds. The van der Waals surface area contributed by atoms with Gasteiger partial charge in [0.2, 0.25) is 0 Å². The predicted molar refractivity (Wildman–Crippen MR) is 105 cm³/mol. The van der Waals surface area contributed by atoms with E-state index in [1.54, 1.807) is 0 Å². The van der Waals surface area contributed by atoms with E-state index in [1.807, 2.05) is 6.92 Å². The van der Waals surface area contributed by atoms with E-state index in [9.17, 15) is 4.79 Å². The van der Waals surface area contributed by atoms with Gasteiger partial charge < -0.3 is 4.74 Å². The van der Waals surface area contributed by atoms with Crippen LogP contribution in [-0.4, -0.2) is 12.1 Å². The van der Waals surface area contributed by atoms with E-state index in [1.165, 1.54) is 89.9 Å². The molecule has 0 unspecified atom stereocenters. The van der Waals surface area contributed by atoms with E-state index in [0.717, 1.165) is 12.8 Å². The summed E-state index contributed by atoms with van der Waals surface area (Å²) in [6.07, 6.45) is 21.1. The predicted octanol–water partition coefficient (Wildman–Crippen LogP) is 7.59. The number of ether oxygens (including phenoxy) is 1. The van der Waals surface area contributed by atoms with Crippen molar-refractivity contribution in [3.63, 3.8) is 0 Å². The van der Waals surface area contributed by atoms with Crippen LogP contribution in [0.5, 0.6) is 0 Å². The lowest BCUT2D eigenvalue weighted by atomic mass is 10.1.